The second-order valence-corrected chi connectivity index (χ2v) is 5.97. The van der Waals surface area contributed by atoms with E-state index in [1.165, 1.54) is 6.42 Å². The molecule has 1 aromatic heterocycles. The maximum absolute atomic E-state index is 11.0. The van der Waals surface area contributed by atoms with Crippen LogP contribution in [0.15, 0.2) is 6.20 Å². The summed E-state index contributed by atoms with van der Waals surface area (Å²) in [7, 11) is 1.66. The third-order valence-corrected chi connectivity index (χ3v) is 4.81. The summed E-state index contributed by atoms with van der Waals surface area (Å²) in [6.45, 7) is 1.22. The van der Waals surface area contributed by atoms with Crippen LogP contribution in [0.5, 0.6) is 0 Å². The molecule has 5 heteroatoms. The van der Waals surface area contributed by atoms with E-state index >= 15 is 0 Å². The van der Waals surface area contributed by atoms with Gasteiger partial charge in [0.1, 0.15) is 5.60 Å². The number of aliphatic hydroxyl groups is 1. The zero-order valence-corrected chi connectivity index (χ0v) is 11.4. The molecule has 1 aromatic rings. The number of aromatic nitrogens is 2. The van der Waals surface area contributed by atoms with Crippen molar-refractivity contribution in [1.29, 1.82) is 0 Å². The zero-order valence-electron chi connectivity index (χ0n) is 10.6. The average molecular weight is 271 g/mol. The Kier molecular flexibility index (Phi) is 3.12. The Morgan fingerprint density at radius 3 is 3.06 bits per heavy atom. The monoisotopic (exact) mass is 270 g/mol. The second-order valence-electron chi connectivity index (χ2n) is 5.56. The molecule has 100 valence electrons. The highest BCUT2D eigenvalue weighted by atomic mass is 35.5. The van der Waals surface area contributed by atoms with Gasteiger partial charge in [-0.15, -0.1) is 0 Å². The van der Waals surface area contributed by atoms with E-state index in [-0.39, 0.29) is 0 Å². The van der Waals surface area contributed by atoms with Gasteiger partial charge in [-0.05, 0) is 37.5 Å². The highest BCUT2D eigenvalue weighted by Gasteiger charge is 2.53. The van der Waals surface area contributed by atoms with Crippen molar-refractivity contribution in [2.24, 2.45) is 11.8 Å². The quantitative estimate of drug-likeness (QED) is 0.912. The van der Waals surface area contributed by atoms with Crippen LogP contribution in [-0.4, -0.2) is 28.6 Å². The fourth-order valence-corrected chi connectivity index (χ4v) is 4.04. The molecular weight excluding hydrogens is 252 g/mol. The molecule has 0 aromatic carbocycles. The average Bonchev–Trinajstić information content (AvgIpc) is 3.00. The van der Waals surface area contributed by atoms with Crippen molar-refractivity contribution in [2.45, 2.75) is 37.8 Å². The lowest BCUT2D eigenvalue weighted by Gasteiger charge is -2.33. The third-order valence-electron chi connectivity index (χ3n) is 4.53. The number of rotatable bonds is 4. The first-order valence-corrected chi connectivity index (χ1v) is 6.96. The number of methoxy groups -OCH3 is 1. The summed E-state index contributed by atoms with van der Waals surface area (Å²) in [5, 5.41) is 15.9. The highest BCUT2D eigenvalue weighted by molar-refractivity contribution is 6.31. The minimum Gasteiger partial charge on any atom is -0.383 e. The van der Waals surface area contributed by atoms with Crippen LogP contribution in [0.25, 0.3) is 0 Å². The predicted octanol–water partition coefficient (Wildman–Crippen LogP) is 2.19. The van der Waals surface area contributed by atoms with Crippen molar-refractivity contribution >= 4 is 11.6 Å². The molecule has 2 aliphatic rings. The number of nitrogens with zero attached hydrogens (tertiary/aromatic N) is 2. The van der Waals surface area contributed by atoms with E-state index in [0.717, 1.165) is 25.0 Å². The standard InChI is InChI=1S/C13H19ClN2O2/c1-18-5-4-16-12(11(14)8-15-16)13(17)7-9-2-3-10(13)6-9/h8-10,17H,2-7H2,1H3. The molecule has 2 fully saturated rings. The predicted molar refractivity (Wildman–Crippen MR) is 68.5 cm³/mol. The Morgan fingerprint density at radius 2 is 2.44 bits per heavy atom. The first kappa shape index (κ1) is 12.5. The molecule has 18 heavy (non-hydrogen) atoms. The summed E-state index contributed by atoms with van der Waals surface area (Å²) in [4.78, 5) is 0. The molecule has 0 aliphatic heterocycles. The van der Waals surface area contributed by atoms with Gasteiger partial charge in [0.15, 0.2) is 0 Å². The maximum atomic E-state index is 11.0. The molecule has 3 atom stereocenters. The molecule has 0 spiro atoms. The van der Waals surface area contributed by atoms with Crippen LogP contribution >= 0.6 is 11.6 Å². The first-order chi connectivity index (χ1) is 8.65. The first-order valence-electron chi connectivity index (χ1n) is 6.58. The van der Waals surface area contributed by atoms with Crippen LogP contribution in [0.3, 0.4) is 0 Å². The second kappa shape index (κ2) is 4.51. The van der Waals surface area contributed by atoms with Gasteiger partial charge in [0.2, 0.25) is 0 Å². The molecule has 3 rings (SSSR count). The molecule has 2 bridgehead atoms. The van der Waals surface area contributed by atoms with Gasteiger partial charge >= 0.3 is 0 Å². The lowest BCUT2D eigenvalue weighted by Crippen LogP contribution is -2.35. The summed E-state index contributed by atoms with van der Waals surface area (Å²) >= 11 is 6.25. The van der Waals surface area contributed by atoms with E-state index in [1.54, 1.807) is 13.3 Å². The van der Waals surface area contributed by atoms with Crippen molar-refractivity contribution in [3.63, 3.8) is 0 Å². The fourth-order valence-electron chi connectivity index (χ4n) is 3.73. The molecule has 3 unspecified atom stereocenters. The van der Waals surface area contributed by atoms with Gasteiger partial charge in [0.05, 0.1) is 30.1 Å². The van der Waals surface area contributed by atoms with Crippen molar-refractivity contribution in [2.75, 3.05) is 13.7 Å². The van der Waals surface area contributed by atoms with Gasteiger partial charge in [0.25, 0.3) is 0 Å². The van der Waals surface area contributed by atoms with E-state index in [1.807, 2.05) is 4.68 Å². The largest absolute Gasteiger partial charge is 0.383 e. The molecule has 2 aliphatic carbocycles. The Morgan fingerprint density at radius 1 is 1.61 bits per heavy atom. The Hall–Kier alpha value is -0.580. The molecule has 0 radical (unpaired) electrons. The maximum Gasteiger partial charge on any atom is 0.111 e. The molecular formula is C13H19ClN2O2. The summed E-state index contributed by atoms with van der Waals surface area (Å²) in [5.74, 6) is 1.000. The van der Waals surface area contributed by atoms with Crippen LogP contribution in [0.2, 0.25) is 5.02 Å². The van der Waals surface area contributed by atoms with Gasteiger partial charge in [0, 0.05) is 7.11 Å². The Labute approximate surface area is 112 Å². The van der Waals surface area contributed by atoms with Crippen LogP contribution in [0.4, 0.5) is 0 Å². The highest BCUT2D eigenvalue weighted by Crippen LogP contribution is 2.56. The molecule has 1 heterocycles. The van der Waals surface area contributed by atoms with E-state index in [9.17, 15) is 5.11 Å². The number of halogens is 1. The van der Waals surface area contributed by atoms with Gasteiger partial charge in [-0.3, -0.25) is 4.68 Å². The number of ether oxygens (including phenoxy) is 1. The lowest BCUT2D eigenvalue weighted by molar-refractivity contribution is -0.0267. The van der Waals surface area contributed by atoms with Crippen LogP contribution < -0.4 is 0 Å². The minimum atomic E-state index is -0.774. The number of fused-ring (bicyclic) bond motifs is 2. The Balaban J connectivity index is 1.93. The summed E-state index contributed by atoms with van der Waals surface area (Å²) in [6, 6.07) is 0. The van der Waals surface area contributed by atoms with E-state index in [4.69, 9.17) is 16.3 Å². The third kappa shape index (κ3) is 1.78. The molecule has 4 nitrogen and oxygen atoms in total. The number of hydrogen-bond acceptors (Lipinski definition) is 3. The van der Waals surface area contributed by atoms with Crippen LogP contribution in [-0.2, 0) is 16.9 Å². The topological polar surface area (TPSA) is 47.3 Å². The minimum absolute atomic E-state index is 0.345. The van der Waals surface area contributed by atoms with Crippen molar-refractivity contribution in [1.82, 2.24) is 9.78 Å². The van der Waals surface area contributed by atoms with Gasteiger partial charge in [-0.2, -0.15) is 5.10 Å². The van der Waals surface area contributed by atoms with Crippen molar-refractivity contribution in [3.05, 3.63) is 16.9 Å². The van der Waals surface area contributed by atoms with Crippen molar-refractivity contribution < 1.29 is 9.84 Å². The molecule has 2 saturated carbocycles. The van der Waals surface area contributed by atoms with E-state index in [2.05, 4.69) is 5.10 Å². The summed E-state index contributed by atoms with van der Waals surface area (Å²) in [6.07, 6.45) is 5.94. The molecule has 0 saturated heterocycles. The number of hydrogen-bond donors (Lipinski definition) is 1. The molecule has 1 N–H and O–H groups in total. The fraction of sp³-hybridized carbons (Fsp3) is 0.769. The van der Waals surface area contributed by atoms with E-state index in [0.29, 0.717) is 30.0 Å². The summed E-state index contributed by atoms with van der Waals surface area (Å²) < 4.78 is 6.89. The van der Waals surface area contributed by atoms with Crippen LogP contribution in [0, 0.1) is 11.8 Å². The van der Waals surface area contributed by atoms with Crippen LogP contribution in [0.1, 0.15) is 31.4 Å². The summed E-state index contributed by atoms with van der Waals surface area (Å²) in [5.41, 5.74) is 0.0259. The van der Waals surface area contributed by atoms with Crippen molar-refractivity contribution in [3.8, 4) is 0 Å². The zero-order chi connectivity index (χ0) is 12.8. The lowest BCUT2D eigenvalue weighted by atomic mass is 9.81. The SMILES string of the molecule is COCCn1ncc(Cl)c1C1(O)CC2CCC1C2. The Bertz CT molecular complexity index is 448. The van der Waals surface area contributed by atoms with Gasteiger partial charge in [-0.1, -0.05) is 11.6 Å². The van der Waals surface area contributed by atoms with E-state index < -0.39 is 5.60 Å². The smallest absolute Gasteiger partial charge is 0.111 e. The van der Waals surface area contributed by atoms with Gasteiger partial charge < -0.3 is 9.84 Å². The van der Waals surface area contributed by atoms with Gasteiger partial charge in [-0.25, -0.2) is 0 Å². The molecule has 0 amide bonds. The normalized spacial score (nSPS) is 34.4.